The zero-order valence-electron chi connectivity index (χ0n) is 11.6. The van der Waals surface area contributed by atoms with Crippen LogP contribution in [-0.2, 0) is 0 Å². The molecule has 2 aromatic carbocycles. The van der Waals surface area contributed by atoms with Gasteiger partial charge in [-0.25, -0.2) is 18.6 Å². The van der Waals surface area contributed by atoms with E-state index in [9.17, 15) is 13.2 Å². The van der Waals surface area contributed by atoms with Crippen molar-refractivity contribution >= 4 is 0 Å². The zero-order valence-corrected chi connectivity index (χ0v) is 11.6. The van der Waals surface area contributed by atoms with Gasteiger partial charge in [-0.2, -0.15) is 0 Å². The highest BCUT2D eigenvalue weighted by Gasteiger charge is 2.23. The van der Waals surface area contributed by atoms with E-state index in [0.717, 1.165) is 12.1 Å². The van der Waals surface area contributed by atoms with Gasteiger partial charge in [0, 0.05) is 5.56 Å². The number of benzene rings is 2. The van der Waals surface area contributed by atoms with Crippen LogP contribution in [-0.4, -0.2) is 7.11 Å². The monoisotopic (exact) mass is 296 g/mol. The van der Waals surface area contributed by atoms with Gasteiger partial charge in [0.1, 0.15) is 11.6 Å². The average molecular weight is 296 g/mol. The Kier molecular flexibility index (Phi) is 4.50. The summed E-state index contributed by atoms with van der Waals surface area (Å²) in [6, 6.07) is 5.47. The fourth-order valence-corrected chi connectivity index (χ4v) is 2.15. The first-order chi connectivity index (χ1) is 9.99. The molecular weight excluding hydrogens is 281 g/mol. The molecule has 1 atom stereocenters. The van der Waals surface area contributed by atoms with Gasteiger partial charge in [-0.05, 0) is 36.2 Å². The summed E-state index contributed by atoms with van der Waals surface area (Å²) >= 11 is 0. The molecular formula is C15H15F3N2O. The van der Waals surface area contributed by atoms with E-state index in [4.69, 9.17) is 10.6 Å². The third-order valence-corrected chi connectivity index (χ3v) is 3.28. The summed E-state index contributed by atoms with van der Waals surface area (Å²) in [4.78, 5) is 0. The SMILES string of the molecule is COc1ccc(C(NN)c2c(F)ccc(C)c2F)cc1F. The molecule has 6 heteroatoms. The Bertz CT molecular complexity index is 662. The molecule has 0 aliphatic heterocycles. The number of hydrazine groups is 1. The molecule has 112 valence electrons. The highest BCUT2D eigenvalue weighted by molar-refractivity contribution is 5.39. The Labute approximate surface area is 120 Å². The summed E-state index contributed by atoms with van der Waals surface area (Å²) in [5.74, 6) is 3.35. The van der Waals surface area contributed by atoms with Crippen molar-refractivity contribution in [3.05, 3.63) is 64.5 Å². The lowest BCUT2D eigenvalue weighted by atomic mass is 9.96. The minimum absolute atomic E-state index is 0.0414. The van der Waals surface area contributed by atoms with Gasteiger partial charge >= 0.3 is 0 Å². The van der Waals surface area contributed by atoms with Gasteiger partial charge in [0.05, 0.1) is 13.2 Å². The van der Waals surface area contributed by atoms with Crippen molar-refractivity contribution in [3.8, 4) is 5.75 Å². The summed E-state index contributed by atoms with van der Waals surface area (Å²) in [6.45, 7) is 1.51. The van der Waals surface area contributed by atoms with Crippen LogP contribution in [0, 0.1) is 24.4 Å². The lowest BCUT2D eigenvalue weighted by Gasteiger charge is -2.19. The molecule has 0 aliphatic carbocycles. The minimum atomic E-state index is -1.01. The molecule has 0 radical (unpaired) electrons. The fourth-order valence-electron chi connectivity index (χ4n) is 2.15. The lowest BCUT2D eigenvalue weighted by molar-refractivity contribution is 0.385. The molecule has 0 saturated carbocycles. The molecule has 2 aromatic rings. The van der Waals surface area contributed by atoms with Crippen LogP contribution in [0.25, 0.3) is 0 Å². The number of ether oxygens (including phenoxy) is 1. The first kappa shape index (κ1) is 15.3. The van der Waals surface area contributed by atoms with Crippen LogP contribution < -0.4 is 16.0 Å². The number of hydrogen-bond acceptors (Lipinski definition) is 3. The Hall–Kier alpha value is -2.05. The maximum atomic E-state index is 14.2. The second-order valence-electron chi connectivity index (χ2n) is 4.59. The van der Waals surface area contributed by atoms with E-state index in [1.165, 1.54) is 32.2 Å². The predicted octanol–water partition coefficient (Wildman–Crippen LogP) is 2.97. The van der Waals surface area contributed by atoms with Crippen molar-refractivity contribution in [2.24, 2.45) is 5.84 Å². The van der Waals surface area contributed by atoms with Crippen LogP contribution in [0.3, 0.4) is 0 Å². The third kappa shape index (κ3) is 2.86. The number of methoxy groups -OCH3 is 1. The van der Waals surface area contributed by atoms with Crippen molar-refractivity contribution in [2.45, 2.75) is 13.0 Å². The van der Waals surface area contributed by atoms with Crippen LogP contribution in [0.2, 0.25) is 0 Å². The molecule has 0 spiro atoms. The van der Waals surface area contributed by atoms with E-state index in [1.807, 2.05) is 0 Å². The molecule has 3 N–H and O–H groups in total. The minimum Gasteiger partial charge on any atom is -0.494 e. The van der Waals surface area contributed by atoms with Gasteiger partial charge in [-0.1, -0.05) is 12.1 Å². The summed E-state index contributed by atoms with van der Waals surface area (Å²) in [5, 5.41) is 0. The maximum Gasteiger partial charge on any atom is 0.165 e. The molecule has 0 bridgehead atoms. The molecule has 0 saturated heterocycles. The van der Waals surface area contributed by atoms with Gasteiger partial charge in [-0.3, -0.25) is 5.84 Å². The molecule has 0 aliphatic rings. The smallest absolute Gasteiger partial charge is 0.165 e. The molecule has 2 rings (SSSR count). The van der Waals surface area contributed by atoms with E-state index in [0.29, 0.717) is 5.56 Å². The number of aryl methyl sites for hydroxylation is 1. The fraction of sp³-hybridized carbons (Fsp3) is 0.200. The van der Waals surface area contributed by atoms with E-state index < -0.39 is 23.5 Å². The normalized spacial score (nSPS) is 12.3. The second kappa shape index (κ2) is 6.15. The molecule has 0 fully saturated rings. The van der Waals surface area contributed by atoms with Gasteiger partial charge in [0.25, 0.3) is 0 Å². The van der Waals surface area contributed by atoms with E-state index in [1.54, 1.807) is 0 Å². The predicted molar refractivity (Wildman–Crippen MR) is 73.2 cm³/mol. The van der Waals surface area contributed by atoms with Crippen LogP contribution in [0.15, 0.2) is 30.3 Å². The first-order valence-corrected chi connectivity index (χ1v) is 6.23. The number of hydrogen-bond donors (Lipinski definition) is 2. The number of nitrogens with one attached hydrogen (secondary N) is 1. The lowest BCUT2D eigenvalue weighted by Crippen LogP contribution is -2.30. The van der Waals surface area contributed by atoms with Gasteiger partial charge in [-0.15, -0.1) is 0 Å². The molecule has 21 heavy (non-hydrogen) atoms. The topological polar surface area (TPSA) is 47.3 Å². The number of nitrogens with two attached hydrogens (primary N) is 1. The highest BCUT2D eigenvalue weighted by atomic mass is 19.1. The van der Waals surface area contributed by atoms with Crippen molar-refractivity contribution in [1.29, 1.82) is 0 Å². The summed E-state index contributed by atoms with van der Waals surface area (Å²) in [6.07, 6.45) is 0. The first-order valence-electron chi connectivity index (χ1n) is 6.23. The summed E-state index contributed by atoms with van der Waals surface area (Å²) < 4.78 is 46.7. The summed E-state index contributed by atoms with van der Waals surface area (Å²) in [5.41, 5.74) is 2.64. The van der Waals surface area contributed by atoms with E-state index in [-0.39, 0.29) is 16.9 Å². The Morgan fingerprint density at radius 3 is 2.38 bits per heavy atom. The Morgan fingerprint density at radius 1 is 1.10 bits per heavy atom. The van der Waals surface area contributed by atoms with E-state index in [2.05, 4.69) is 5.43 Å². The second-order valence-corrected chi connectivity index (χ2v) is 4.59. The van der Waals surface area contributed by atoms with Crippen LogP contribution >= 0.6 is 0 Å². The Morgan fingerprint density at radius 2 is 1.81 bits per heavy atom. The van der Waals surface area contributed by atoms with Gasteiger partial charge in [0.15, 0.2) is 11.6 Å². The number of halogens is 3. The molecule has 3 nitrogen and oxygen atoms in total. The van der Waals surface area contributed by atoms with Gasteiger partial charge in [0.2, 0.25) is 0 Å². The molecule has 0 heterocycles. The third-order valence-electron chi connectivity index (χ3n) is 3.28. The molecule has 1 unspecified atom stereocenters. The standard InChI is InChI=1S/C15H15F3N2O/c1-8-3-5-10(16)13(14(8)18)15(20-19)9-4-6-12(21-2)11(17)7-9/h3-7,15,20H,19H2,1-2H3. The van der Waals surface area contributed by atoms with Crippen molar-refractivity contribution in [3.63, 3.8) is 0 Å². The van der Waals surface area contributed by atoms with Crippen molar-refractivity contribution in [1.82, 2.24) is 5.43 Å². The Balaban J connectivity index is 2.55. The zero-order chi connectivity index (χ0) is 15.6. The number of rotatable bonds is 4. The van der Waals surface area contributed by atoms with E-state index >= 15 is 0 Å². The van der Waals surface area contributed by atoms with Crippen LogP contribution in [0.4, 0.5) is 13.2 Å². The largest absolute Gasteiger partial charge is 0.494 e. The highest BCUT2D eigenvalue weighted by Crippen LogP contribution is 2.30. The van der Waals surface area contributed by atoms with Crippen molar-refractivity contribution < 1.29 is 17.9 Å². The van der Waals surface area contributed by atoms with Crippen LogP contribution in [0.1, 0.15) is 22.7 Å². The van der Waals surface area contributed by atoms with Gasteiger partial charge < -0.3 is 4.74 Å². The molecule has 0 amide bonds. The summed E-state index contributed by atoms with van der Waals surface area (Å²) in [7, 11) is 1.33. The van der Waals surface area contributed by atoms with Crippen molar-refractivity contribution in [2.75, 3.05) is 7.11 Å². The maximum absolute atomic E-state index is 14.2. The molecule has 0 aromatic heterocycles. The average Bonchev–Trinajstić information content (AvgIpc) is 2.47. The quantitative estimate of drug-likeness (QED) is 0.673. The van der Waals surface area contributed by atoms with Crippen LogP contribution in [0.5, 0.6) is 5.75 Å².